The number of carbonyl (C=O) groups excluding carboxylic acids is 1. The number of aryl methyl sites for hydroxylation is 2. The third kappa shape index (κ3) is 3.06. The lowest BCUT2D eigenvalue weighted by molar-refractivity contribution is -0.317. The van der Waals surface area contributed by atoms with Crippen molar-refractivity contribution in [3.63, 3.8) is 0 Å². The van der Waals surface area contributed by atoms with E-state index >= 15 is 0 Å². The summed E-state index contributed by atoms with van der Waals surface area (Å²) < 4.78 is 46.3. The molecule has 1 amide bonds. The van der Waals surface area contributed by atoms with Crippen LogP contribution in [0.1, 0.15) is 36.8 Å². The van der Waals surface area contributed by atoms with Crippen molar-refractivity contribution in [3.05, 3.63) is 29.3 Å². The summed E-state index contributed by atoms with van der Waals surface area (Å²) in [7, 11) is 0. The monoisotopic (exact) mass is 370 g/mol. The molecule has 3 rings (SSSR count). The lowest BCUT2D eigenvalue weighted by atomic mass is 9.80. The number of fused-ring (bicyclic) bond motifs is 1. The quantitative estimate of drug-likeness (QED) is 0.888. The Bertz CT molecular complexity index is 748. The van der Waals surface area contributed by atoms with Gasteiger partial charge in [-0.15, -0.1) is 0 Å². The Hall–Kier alpha value is -2.09. The fourth-order valence-corrected chi connectivity index (χ4v) is 3.63. The van der Waals surface area contributed by atoms with Gasteiger partial charge < -0.3 is 9.84 Å². The number of aliphatic hydroxyl groups is 1. The van der Waals surface area contributed by atoms with Crippen LogP contribution in [0.15, 0.2) is 23.3 Å². The number of alkyl halides is 3. The number of halogens is 3. The lowest BCUT2D eigenvalue weighted by Crippen LogP contribution is -2.62. The summed E-state index contributed by atoms with van der Waals surface area (Å²) in [6, 6.07) is 5.28. The SMILES string of the molecule is Cc1ccc(OCC(=O)N2N=C3CCCC[C@@H]3[C@]2(O)C(F)(F)F)c(C)c1. The van der Waals surface area contributed by atoms with Gasteiger partial charge in [0.15, 0.2) is 6.61 Å². The number of rotatable bonds is 3. The zero-order chi connectivity index (χ0) is 19.1. The van der Waals surface area contributed by atoms with Gasteiger partial charge in [-0.1, -0.05) is 24.1 Å². The zero-order valence-electron chi connectivity index (χ0n) is 14.6. The molecular weight excluding hydrogens is 349 g/mol. The Morgan fingerprint density at radius 1 is 1.38 bits per heavy atom. The highest BCUT2D eigenvalue weighted by molar-refractivity contribution is 5.93. The molecule has 1 aromatic carbocycles. The summed E-state index contributed by atoms with van der Waals surface area (Å²) in [5.41, 5.74) is -1.30. The van der Waals surface area contributed by atoms with Crippen LogP contribution in [-0.2, 0) is 4.79 Å². The standard InChI is InChI=1S/C18H21F3N2O3/c1-11-7-8-15(12(2)9-11)26-10-16(24)23-17(25,18(19,20)21)13-5-3-4-6-14(13)22-23/h7-9,13,25H,3-6,10H2,1-2H3/t13-,17-/m0/s1. The summed E-state index contributed by atoms with van der Waals surface area (Å²) in [4.78, 5) is 12.4. The first-order valence-electron chi connectivity index (χ1n) is 8.54. The molecule has 0 aromatic heterocycles. The maximum atomic E-state index is 13.6. The summed E-state index contributed by atoms with van der Waals surface area (Å²) in [6.45, 7) is 3.04. The van der Waals surface area contributed by atoms with E-state index in [1.165, 1.54) is 0 Å². The Labute approximate surface area is 149 Å². The van der Waals surface area contributed by atoms with Crippen molar-refractivity contribution in [2.75, 3.05) is 6.61 Å². The molecule has 0 saturated heterocycles. The zero-order valence-corrected chi connectivity index (χ0v) is 14.6. The normalized spacial score (nSPS) is 25.7. The smallest absolute Gasteiger partial charge is 0.439 e. The molecule has 1 fully saturated rings. The molecule has 1 aliphatic carbocycles. The van der Waals surface area contributed by atoms with Gasteiger partial charge in [-0.25, -0.2) is 0 Å². The minimum absolute atomic E-state index is 0.149. The highest BCUT2D eigenvalue weighted by Crippen LogP contribution is 2.48. The van der Waals surface area contributed by atoms with Gasteiger partial charge >= 0.3 is 6.18 Å². The van der Waals surface area contributed by atoms with E-state index in [4.69, 9.17) is 4.74 Å². The van der Waals surface area contributed by atoms with Gasteiger partial charge in [-0.05, 0) is 44.7 Å². The average Bonchev–Trinajstić information content (AvgIpc) is 2.88. The third-order valence-electron chi connectivity index (χ3n) is 4.95. The van der Waals surface area contributed by atoms with Crippen LogP contribution in [-0.4, -0.2) is 40.2 Å². The molecule has 2 atom stereocenters. The summed E-state index contributed by atoms with van der Waals surface area (Å²) >= 11 is 0. The highest BCUT2D eigenvalue weighted by Gasteiger charge is 2.68. The van der Waals surface area contributed by atoms with Crippen molar-refractivity contribution in [2.45, 2.75) is 51.4 Å². The van der Waals surface area contributed by atoms with E-state index in [2.05, 4.69) is 5.10 Å². The molecule has 142 valence electrons. The first-order valence-corrected chi connectivity index (χ1v) is 8.54. The molecule has 2 aliphatic rings. The maximum absolute atomic E-state index is 13.6. The Morgan fingerprint density at radius 2 is 2.12 bits per heavy atom. The summed E-state index contributed by atoms with van der Waals surface area (Å²) in [5, 5.41) is 14.5. The molecule has 0 spiro atoms. The summed E-state index contributed by atoms with van der Waals surface area (Å²) in [6.07, 6.45) is -3.25. The van der Waals surface area contributed by atoms with Crippen molar-refractivity contribution in [2.24, 2.45) is 11.0 Å². The molecule has 0 bridgehead atoms. The number of hydrogen-bond acceptors (Lipinski definition) is 4. The predicted molar refractivity (Wildman–Crippen MR) is 88.7 cm³/mol. The summed E-state index contributed by atoms with van der Waals surface area (Å²) in [5.74, 6) is -1.82. The fraction of sp³-hybridized carbons (Fsp3) is 0.556. The number of hydrazone groups is 1. The molecule has 1 heterocycles. The van der Waals surface area contributed by atoms with Gasteiger partial charge in [0, 0.05) is 5.71 Å². The number of amides is 1. The van der Waals surface area contributed by atoms with Gasteiger partial charge in [-0.2, -0.15) is 23.3 Å². The molecule has 1 N–H and O–H groups in total. The van der Waals surface area contributed by atoms with Crippen molar-refractivity contribution in [1.29, 1.82) is 0 Å². The van der Waals surface area contributed by atoms with Crippen molar-refractivity contribution in [3.8, 4) is 5.75 Å². The molecule has 8 heteroatoms. The minimum Gasteiger partial charge on any atom is -0.483 e. The molecule has 0 unspecified atom stereocenters. The van der Waals surface area contributed by atoms with Crippen molar-refractivity contribution in [1.82, 2.24) is 5.01 Å². The number of hydrogen-bond donors (Lipinski definition) is 1. The highest BCUT2D eigenvalue weighted by atomic mass is 19.4. The van der Waals surface area contributed by atoms with Crippen LogP contribution in [0.3, 0.4) is 0 Å². The molecular formula is C18H21F3N2O3. The number of ether oxygens (including phenoxy) is 1. The Kier molecular flexibility index (Phi) is 4.72. The minimum atomic E-state index is -5.00. The molecule has 26 heavy (non-hydrogen) atoms. The van der Waals surface area contributed by atoms with Crippen LogP contribution in [0.5, 0.6) is 5.75 Å². The van der Waals surface area contributed by atoms with Crippen molar-refractivity contribution < 1.29 is 27.8 Å². The van der Waals surface area contributed by atoms with Crippen LogP contribution in [0.2, 0.25) is 0 Å². The number of benzene rings is 1. The third-order valence-corrected chi connectivity index (χ3v) is 4.95. The first-order chi connectivity index (χ1) is 12.1. The van der Waals surface area contributed by atoms with Crippen molar-refractivity contribution >= 4 is 11.6 Å². The first kappa shape index (κ1) is 18.7. The van der Waals surface area contributed by atoms with Gasteiger partial charge in [0.1, 0.15) is 5.75 Å². The van der Waals surface area contributed by atoms with Crippen LogP contribution in [0, 0.1) is 19.8 Å². The fourth-order valence-electron chi connectivity index (χ4n) is 3.63. The largest absolute Gasteiger partial charge is 0.483 e. The van der Waals surface area contributed by atoms with Crippen LogP contribution in [0.4, 0.5) is 13.2 Å². The lowest BCUT2D eigenvalue weighted by Gasteiger charge is -2.38. The van der Waals surface area contributed by atoms with Crippen LogP contribution < -0.4 is 4.74 Å². The molecule has 5 nitrogen and oxygen atoms in total. The average molecular weight is 370 g/mol. The van der Waals surface area contributed by atoms with E-state index in [0.717, 1.165) is 11.1 Å². The van der Waals surface area contributed by atoms with Gasteiger partial charge in [-0.3, -0.25) is 4.79 Å². The molecule has 0 radical (unpaired) electrons. The van der Waals surface area contributed by atoms with Crippen LogP contribution >= 0.6 is 0 Å². The van der Waals surface area contributed by atoms with Crippen LogP contribution in [0.25, 0.3) is 0 Å². The molecule has 1 aliphatic heterocycles. The second kappa shape index (κ2) is 6.57. The number of nitrogens with zero attached hydrogens (tertiary/aromatic N) is 2. The van der Waals surface area contributed by atoms with Gasteiger partial charge in [0.05, 0.1) is 5.92 Å². The van der Waals surface area contributed by atoms with Gasteiger partial charge in [0.2, 0.25) is 0 Å². The maximum Gasteiger partial charge on any atom is 0.439 e. The topological polar surface area (TPSA) is 62.1 Å². The molecule has 1 aromatic rings. The molecule has 1 saturated carbocycles. The Balaban J connectivity index is 1.81. The van der Waals surface area contributed by atoms with E-state index in [9.17, 15) is 23.1 Å². The number of carbonyl (C=O) groups is 1. The van der Waals surface area contributed by atoms with E-state index in [-0.39, 0.29) is 17.1 Å². The van der Waals surface area contributed by atoms with Gasteiger partial charge in [0.25, 0.3) is 11.6 Å². The van der Waals surface area contributed by atoms with E-state index in [1.807, 2.05) is 13.0 Å². The van der Waals surface area contributed by atoms with E-state index in [0.29, 0.717) is 25.0 Å². The second-order valence-electron chi connectivity index (χ2n) is 6.88. The predicted octanol–water partition coefficient (Wildman–Crippen LogP) is 3.32. The Morgan fingerprint density at radius 3 is 2.77 bits per heavy atom. The van der Waals surface area contributed by atoms with E-state index < -0.39 is 30.3 Å². The van der Waals surface area contributed by atoms with E-state index in [1.54, 1.807) is 19.1 Å². The second-order valence-corrected chi connectivity index (χ2v) is 6.88.